The summed E-state index contributed by atoms with van der Waals surface area (Å²) in [5.41, 5.74) is 0. The predicted octanol–water partition coefficient (Wildman–Crippen LogP) is 12.9. The molecule has 8 nitrogen and oxygen atoms in total. The Labute approximate surface area is 361 Å². The van der Waals surface area contributed by atoms with Crippen molar-refractivity contribution in [2.75, 3.05) is 41.0 Å². The molecule has 0 bridgehead atoms. The second-order valence-corrected chi connectivity index (χ2v) is 16.4. The van der Waals surface area contributed by atoms with Crippen LogP contribution in [-0.4, -0.2) is 80.6 Å². The third-order valence-corrected chi connectivity index (χ3v) is 9.88. The molecule has 336 valence electrons. The summed E-state index contributed by atoms with van der Waals surface area (Å²) in [5.74, 6) is -1.52. The molecule has 2 atom stereocenters. The Kier molecular flexibility index (Phi) is 38.8. The fraction of sp³-hybridized carbons (Fsp3) is 0.667. The van der Waals surface area contributed by atoms with Crippen LogP contribution in [0.4, 0.5) is 0 Å². The van der Waals surface area contributed by atoms with E-state index in [0.29, 0.717) is 19.3 Å². The Bertz CT molecular complexity index is 1240. The van der Waals surface area contributed by atoms with Gasteiger partial charge in [-0.15, -0.1) is 0 Å². The van der Waals surface area contributed by atoms with Gasteiger partial charge in [0.25, 0.3) is 0 Å². The molecule has 0 aromatic rings. The van der Waals surface area contributed by atoms with Gasteiger partial charge in [-0.1, -0.05) is 170 Å². The maximum absolute atomic E-state index is 12.8. The third kappa shape index (κ3) is 39.7. The van der Waals surface area contributed by atoms with Gasteiger partial charge in [0, 0.05) is 19.3 Å². The van der Waals surface area contributed by atoms with Gasteiger partial charge < -0.3 is 23.8 Å². The zero-order chi connectivity index (χ0) is 43.5. The molecular weight excluding hydrogens is 739 g/mol. The monoisotopic (exact) mass is 825 g/mol. The maximum atomic E-state index is 12.8. The Morgan fingerprint density at radius 3 is 1.53 bits per heavy atom. The molecule has 0 aliphatic rings. The highest BCUT2D eigenvalue weighted by Gasteiger charge is 2.31. The van der Waals surface area contributed by atoms with Crippen LogP contribution in [0.15, 0.2) is 85.1 Å². The first-order valence-corrected chi connectivity index (χ1v) is 23.2. The van der Waals surface area contributed by atoms with Crippen LogP contribution in [0.2, 0.25) is 0 Å². The van der Waals surface area contributed by atoms with Crippen LogP contribution < -0.4 is 0 Å². The van der Waals surface area contributed by atoms with Gasteiger partial charge in [0.15, 0.2) is 12.1 Å². The number of nitrogens with zero attached hydrogens (tertiary/aromatic N) is 1. The average molecular weight is 825 g/mol. The van der Waals surface area contributed by atoms with Crippen molar-refractivity contribution in [1.82, 2.24) is 0 Å². The van der Waals surface area contributed by atoms with Crippen LogP contribution in [-0.2, 0) is 28.6 Å². The number of hydrogen-bond acceptors (Lipinski definition) is 6. The minimum absolute atomic E-state index is 0.0444. The van der Waals surface area contributed by atoms with Gasteiger partial charge in [-0.25, -0.2) is 4.79 Å². The molecule has 1 N–H and O–H groups in total. The molecule has 59 heavy (non-hydrogen) atoms. The SMILES string of the molecule is CCC/C=C/C=C/C=C/C=C/C=C/CCCCCCCC(=O)OCC(COCCC(C(=O)O)[N+](C)(C)C)OC(=O)CCCCCCCCC/C=C/C/C=C/CCCCC. The molecule has 0 radical (unpaired) electrons. The molecule has 0 saturated heterocycles. The van der Waals surface area contributed by atoms with E-state index < -0.39 is 18.1 Å². The van der Waals surface area contributed by atoms with E-state index in [4.69, 9.17) is 14.2 Å². The molecule has 2 unspecified atom stereocenters. The summed E-state index contributed by atoms with van der Waals surface area (Å²) in [6, 6.07) is -0.625. The average Bonchev–Trinajstić information content (AvgIpc) is 3.19. The number of quaternary nitrogens is 1. The van der Waals surface area contributed by atoms with Crippen LogP contribution >= 0.6 is 0 Å². The Hall–Kier alpha value is -3.49. The number of ether oxygens (including phenoxy) is 3. The molecule has 0 aromatic heterocycles. The summed E-state index contributed by atoms with van der Waals surface area (Å²) in [6.07, 6.45) is 53.3. The van der Waals surface area contributed by atoms with Crippen LogP contribution in [0.25, 0.3) is 0 Å². The normalized spacial score (nSPS) is 13.7. The minimum atomic E-state index is -0.884. The number of carbonyl (C=O) groups is 3. The standard InChI is InChI=1S/C51H85NO7/c1-6-8-10-12-14-16-18-20-22-24-26-27-29-31-33-35-37-39-41-49(53)58-46-47(45-57-44-43-48(51(55)56)52(3,4)5)59-50(54)42-40-38-36-34-32-30-28-25-23-21-19-17-15-13-11-9-7-2/h10,12,14-18,20-24,26-27,47-48H,6-9,11,13,19,25,28-46H2,1-5H3/p+1/b12-10+,16-14+,17-15+,20-18+,23-21+,24-22+,27-26+. The zero-order valence-electron chi connectivity index (χ0n) is 38.2. The lowest BCUT2D eigenvalue weighted by Gasteiger charge is -2.31. The molecule has 0 heterocycles. The highest BCUT2D eigenvalue weighted by Crippen LogP contribution is 2.13. The highest BCUT2D eigenvalue weighted by molar-refractivity contribution is 5.72. The number of aliphatic carboxylic acids is 1. The lowest BCUT2D eigenvalue weighted by Crippen LogP contribution is -2.50. The second-order valence-electron chi connectivity index (χ2n) is 16.4. The molecule has 0 aliphatic carbocycles. The molecule has 0 spiro atoms. The number of likely N-dealkylation sites (N-methyl/N-ethyl adjacent to an activating group) is 1. The number of carboxylic acid groups (broad SMARTS) is 1. The summed E-state index contributed by atoms with van der Waals surface area (Å²) >= 11 is 0. The van der Waals surface area contributed by atoms with E-state index in [0.717, 1.165) is 77.0 Å². The van der Waals surface area contributed by atoms with Gasteiger partial charge in [-0.2, -0.15) is 0 Å². The quantitative estimate of drug-likeness (QED) is 0.0216. The third-order valence-electron chi connectivity index (χ3n) is 9.88. The van der Waals surface area contributed by atoms with Gasteiger partial charge in [0.2, 0.25) is 0 Å². The lowest BCUT2D eigenvalue weighted by atomic mass is 10.1. The Balaban J connectivity index is 4.41. The number of allylic oxidation sites excluding steroid dienone is 14. The van der Waals surface area contributed by atoms with Crippen LogP contribution in [0.3, 0.4) is 0 Å². The van der Waals surface area contributed by atoms with Crippen molar-refractivity contribution in [2.45, 2.75) is 180 Å². The van der Waals surface area contributed by atoms with E-state index in [1.54, 1.807) is 0 Å². The first-order chi connectivity index (χ1) is 28.6. The predicted molar refractivity (Wildman–Crippen MR) is 247 cm³/mol. The number of unbranched alkanes of at least 4 members (excludes halogenated alkanes) is 16. The number of esters is 2. The topological polar surface area (TPSA) is 99.1 Å². The molecule has 8 heteroatoms. The van der Waals surface area contributed by atoms with Crippen molar-refractivity contribution in [3.05, 3.63) is 85.1 Å². The molecule has 0 fully saturated rings. The van der Waals surface area contributed by atoms with Gasteiger partial charge in [-0.05, 0) is 64.2 Å². The largest absolute Gasteiger partial charge is 0.477 e. The van der Waals surface area contributed by atoms with Gasteiger partial charge in [-0.3, -0.25) is 9.59 Å². The molecular formula is C51H86NO7+. The van der Waals surface area contributed by atoms with Crippen LogP contribution in [0.1, 0.15) is 168 Å². The molecule has 0 saturated carbocycles. The molecule has 0 rings (SSSR count). The number of hydrogen-bond donors (Lipinski definition) is 1. The molecule has 0 aromatic carbocycles. The van der Waals surface area contributed by atoms with Crippen molar-refractivity contribution in [1.29, 1.82) is 0 Å². The Morgan fingerprint density at radius 1 is 0.525 bits per heavy atom. The van der Waals surface area contributed by atoms with E-state index in [-0.39, 0.29) is 36.2 Å². The fourth-order valence-corrected chi connectivity index (χ4v) is 6.27. The van der Waals surface area contributed by atoms with Gasteiger partial charge in [0.05, 0.1) is 34.4 Å². The van der Waals surface area contributed by atoms with Crippen molar-refractivity contribution >= 4 is 17.9 Å². The molecule has 0 amide bonds. The molecule has 0 aliphatic heterocycles. The minimum Gasteiger partial charge on any atom is -0.477 e. The number of carbonyl (C=O) groups excluding carboxylic acids is 2. The van der Waals surface area contributed by atoms with E-state index in [2.05, 4.69) is 62.5 Å². The van der Waals surface area contributed by atoms with Crippen molar-refractivity contribution in [3.8, 4) is 0 Å². The zero-order valence-corrected chi connectivity index (χ0v) is 38.2. The summed E-state index contributed by atoms with van der Waals surface area (Å²) < 4.78 is 17.3. The van der Waals surface area contributed by atoms with E-state index in [1.165, 1.54) is 57.8 Å². The van der Waals surface area contributed by atoms with Crippen molar-refractivity contribution in [2.24, 2.45) is 0 Å². The summed E-state index contributed by atoms with van der Waals surface area (Å²) in [7, 11) is 5.51. The Morgan fingerprint density at radius 2 is 1.00 bits per heavy atom. The van der Waals surface area contributed by atoms with E-state index >= 15 is 0 Å². The maximum Gasteiger partial charge on any atom is 0.362 e. The van der Waals surface area contributed by atoms with Crippen molar-refractivity contribution < 1.29 is 38.2 Å². The first kappa shape index (κ1) is 55.5. The van der Waals surface area contributed by atoms with Gasteiger partial charge >= 0.3 is 17.9 Å². The fourth-order valence-electron chi connectivity index (χ4n) is 6.27. The smallest absolute Gasteiger partial charge is 0.362 e. The second kappa shape index (κ2) is 41.3. The first-order valence-electron chi connectivity index (χ1n) is 23.2. The van der Waals surface area contributed by atoms with E-state index in [9.17, 15) is 19.5 Å². The van der Waals surface area contributed by atoms with E-state index in [1.807, 2.05) is 57.6 Å². The summed E-state index contributed by atoms with van der Waals surface area (Å²) in [6.45, 7) is 4.58. The summed E-state index contributed by atoms with van der Waals surface area (Å²) in [4.78, 5) is 37.1. The number of rotatable bonds is 40. The highest BCUT2D eigenvalue weighted by atomic mass is 16.6. The lowest BCUT2D eigenvalue weighted by molar-refractivity contribution is -0.887. The van der Waals surface area contributed by atoms with Crippen LogP contribution in [0, 0.1) is 0 Å². The number of carboxylic acids is 1. The van der Waals surface area contributed by atoms with Crippen molar-refractivity contribution in [3.63, 3.8) is 0 Å². The summed E-state index contributed by atoms with van der Waals surface area (Å²) in [5, 5.41) is 9.63. The van der Waals surface area contributed by atoms with Crippen LogP contribution in [0.5, 0.6) is 0 Å². The van der Waals surface area contributed by atoms with Gasteiger partial charge in [0.1, 0.15) is 6.61 Å².